The summed E-state index contributed by atoms with van der Waals surface area (Å²) in [4.78, 5) is 12.4. The second-order valence-electron chi connectivity index (χ2n) is 5.83. The third kappa shape index (κ3) is 4.06. The minimum atomic E-state index is -0.488. The average Bonchev–Trinajstić information content (AvgIpc) is 2.61. The SMILES string of the molecule is CC(C(=O)Nc1cccc(Cl)c1)c1ccc(-c2ccccc2)c(F)c1. The molecule has 3 aromatic rings. The highest BCUT2D eigenvalue weighted by molar-refractivity contribution is 6.30. The highest BCUT2D eigenvalue weighted by Crippen LogP contribution is 2.27. The molecular formula is C21H17ClFNO. The number of rotatable bonds is 4. The van der Waals surface area contributed by atoms with Gasteiger partial charge in [-0.1, -0.05) is 60.1 Å². The van der Waals surface area contributed by atoms with Crippen molar-refractivity contribution in [1.82, 2.24) is 0 Å². The van der Waals surface area contributed by atoms with Crippen molar-refractivity contribution in [3.05, 3.63) is 89.2 Å². The van der Waals surface area contributed by atoms with Crippen molar-refractivity contribution in [3.63, 3.8) is 0 Å². The van der Waals surface area contributed by atoms with Gasteiger partial charge in [0, 0.05) is 16.3 Å². The summed E-state index contributed by atoms with van der Waals surface area (Å²) in [5.41, 5.74) is 2.57. The van der Waals surface area contributed by atoms with Gasteiger partial charge in [0.05, 0.1) is 5.92 Å². The molecule has 0 fully saturated rings. The molecule has 3 aromatic carbocycles. The van der Waals surface area contributed by atoms with E-state index in [9.17, 15) is 9.18 Å². The summed E-state index contributed by atoms with van der Waals surface area (Å²) in [7, 11) is 0. The Hall–Kier alpha value is -2.65. The molecule has 0 heterocycles. The molecule has 3 rings (SSSR count). The van der Waals surface area contributed by atoms with Crippen LogP contribution < -0.4 is 5.32 Å². The molecule has 1 unspecified atom stereocenters. The van der Waals surface area contributed by atoms with Crippen LogP contribution in [0.2, 0.25) is 5.02 Å². The van der Waals surface area contributed by atoms with Gasteiger partial charge in [-0.15, -0.1) is 0 Å². The van der Waals surface area contributed by atoms with Crippen LogP contribution in [0.4, 0.5) is 10.1 Å². The Kier molecular flexibility index (Phi) is 5.15. The quantitative estimate of drug-likeness (QED) is 0.622. The zero-order valence-corrected chi connectivity index (χ0v) is 14.4. The summed E-state index contributed by atoms with van der Waals surface area (Å²) in [5.74, 6) is -1.04. The lowest BCUT2D eigenvalue weighted by Gasteiger charge is -2.14. The Morgan fingerprint density at radius 1 is 1.00 bits per heavy atom. The fraction of sp³-hybridized carbons (Fsp3) is 0.0952. The maximum absolute atomic E-state index is 14.5. The van der Waals surface area contributed by atoms with E-state index in [1.54, 1.807) is 43.3 Å². The number of carbonyl (C=O) groups excluding carboxylic acids is 1. The van der Waals surface area contributed by atoms with E-state index in [0.717, 1.165) is 5.56 Å². The number of halogens is 2. The van der Waals surface area contributed by atoms with Crippen molar-refractivity contribution in [2.45, 2.75) is 12.8 Å². The van der Waals surface area contributed by atoms with Crippen LogP contribution in [-0.4, -0.2) is 5.91 Å². The molecule has 2 nitrogen and oxygen atoms in total. The summed E-state index contributed by atoms with van der Waals surface area (Å²) in [6.45, 7) is 1.75. The first-order valence-corrected chi connectivity index (χ1v) is 8.33. The van der Waals surface area contributed by atoms with E-state index in [0.29, 0.717) is 21.8 Å². The van der Waals surface area contributed by atoms with Crippen molar-refractivity contribution >= 4 is 23.2 Å². The smallest absolute Gasteiger partial charge is 0.231 e. The molecule has 1 amide bonds. The maximum atomic E-state index is 14.5. The second kappa shape index (κ2) is 7.49. The van der Waals surface area contributed by atoms with E-state index in [1.807, 2.05) is 30.3 Å². The fourth-order valence-electron chi connectivity index (χ4n) is 2.62. The minimum absolute atomic E-state index is 0.214. The van der Waals surface area contributed by atoms with Crippen molar-refractivity contribution in [1.29, 1.82) is 0 Å². The lowest BCUT2D eigenvalue weighted by atomic mass is 9.96. The van der Waals surface area contributed by atoms with Crippen molar-refractivity contribution in [3.8, 4) is 11.1 Å². The Bertz CT molecular complexity index is 895. The Morgan fingerprint density at radius 2 is 1.76 bits per heavy atom. The first kappa shape index (κ1) is 17.2. The van der Waals surface area contributed by atoms with E-state index in [2.05, 4.69) is 5.32 Å². The number of hydrogen-bond acceptors (Lipinski definition) is 1. The molecule has 126 valence electrons. The van der Waals surface area contributed by atoms with E-state index in [-0.39, 0.29) is 11.7 Å². The number of benzene rings is 3. The predicted octanol–water partition coefficient (Wildman–Crippen LogP) is 5.89. The number of carbonyl (C=O) groups is 1. The third-order valence-corrected chi connectivity index (χ3v) is 4.30. The monoisotopic (exact) mass is 353 g/mol. The highest BCUT2D eigenvalue weighted by Gasteiger charge is 2.17. The Balaban J connectivity index is 1.79. The van der Waals surface area contributed by atoms with Crippen LogP contribution in [0, 0.1) is 5.82 Å². The number of anilines is 1. The molecule has 4 heteroatoms. The van der Waals surface area contributed by atoms with Crippen LogP contribution in [0.15, 0.2) is 72.8 Å². The van der Waals surface area contributed by atoms with Gasteiger partial charge in [-0.25, -0.2) is 4.39 Å². The summed E-state index contributed by atoms with van der Waals surface area (Å²) in [5, 5.41) is 3.35. The van der Waals surface area contributed by atoms with E-state index in [4.69, 9.17) is 11.6 Å². The number of nitrogens with one attached hydrogen (secondary N) is 1. The zero-order chi connectivity index (χ0) is 17.8. The van der Waals surface area contributed by atoms with Crippen LogP contribution in [0.25, 0.3) is 11.1 Å². The van der Waals surface area contributed by atoms with Crippen molar-refractivity contribution in [2.24, 2.45) is 0 Å². The standard InChI is InChI=1S/C21H17ClFNO/c1-14(21(25)24-18-9-5-8-17(22)13-18)16-10-11-19(20(23)12-16)15-6-3-2-4-7-15/h2-14H,1H3,(H,24,25). The van der Waals surface area contributed by atoms with Crippen LogP contribution in [0.5, 0.6) is 0 Å². The lowest BCUT2D eigenvalue weighted by molar-refractivity contribution is -0.117. The minimum Gasteiger partial charge on any atom is -0.326 e. The summed E-state index contributed by atoms with van der Waals surface area (Å²) < 4.78 is 14.5. The topological polar surface area (TPSA) is 29.1 Å². The molecule has 0 aliphatic rings. The molecule has 0 spiro atoms. The van der Waals surface area contributed by atoms with Gasteiger partial charge in [-0.3, -0.25) is 4.79 Å². The van der Waals surface area contributed by atoms with Gasteiger partial charge in [-0.2, -0.15) is 0 Å². The molecular weight excluding hydrogens is 337 g/mol. The van der Waals surface area contributed by atoms with Crippen LogP contribution in [0.3, 0.4) is 0 Å². The van der Waals surface area contributed by atoms with Crippen molar-refractivity contribution in [2.75, 3.05) is 5.32 Å². The third-order valence-electron chi connectivity index (χ3n) is 4.06. The van der Waals surface area contributed by atoms with E-state index >= 15 is 0 Å². The first-order chi connectivity index (χ1) is 12.0. The van der Waals surface area contributed by atoms with Gasteiger partial charge >= 0.3 is 0 Å². The summed E-state index contributed by atoms with van der Waals surface area (Å²) >= 11 is 5.92. The average molecular weight is 354 g/mol. The molecule has 0 aliphatic heterocycles. The molecule has 0 saturated carbocycles. The number of hydrogen-bond donors (Lipinski definition) is 1. The van der Waals surface area contributed by atoms with Gasteiger partial charge in [0.2, 0.25) is 5.91 Å². The molecule has 0 radical (unpaired) electrons. The number of amides is 1. The van der Waals surface area contributed by atoms with Crippen molar-refractivity contribution < 1.29 is 9.18 Å². The second-order valence-corrected chi connectivity index (χ2v) is 6.26. The van der Waals surface area contributed by atoms with Gasteiger partial charge in [0.25, 0.3) is 0 Å². The van der Waals surface area contributed by atoms with Gasteiger partial charge in [-0.05, 0) is 42.3 Å². The zero-order valence-electron chi connectivity index (χ0n) is 13.7. The first-order valence-electron chi connectivity index (χ1n) is 7.96. The van der Waals surface area contributed by atoms with Gasteiger partial charge in [0.1, 0.15) is 5.82 Å². The largest absolute Gasteiger partial charge is 0.326 e. The molecule has 0 bridgehead atoms. The Morgan fingerprint density at radius 3 is 2.44 bits per heavy atom. The van der Waals surface area contributed by atoms with Crippen LogP contribution in [-0.2, 0) is 4.79 Å². The molecule has 0 saturated heterocycles. The van der Waals surface area contributed by atoms with Gasteiger partial charge < -0.3 is 5.32 Å². The highest BCUT2D eigenvalue weighted by atomic mass is 35.5. The maximum Gasteiger partial charge on any atom is 0.231 e. The molecule has 0 aromatic heterocycles. The molecule has 0 aliphatic carbocycles. The molecule has 1 atom stereocenters. The van der Waals surface area contributed by atoms with Gasteiger partial charge in [0.15, 0.2) is 0 Å². The lowest BCUT2D eigenvalue weighted by Crippen LogP contribution is -2.19. The van der Waals surface area contributed by atoms with Crippen LogP contribution in [0.1, 0.15) is 18.4 Å². The van der Waals surface area contributed by atoms with Crippen LogP contribution >= 0.6 is 11.6 Å². The van der Waals surface area contributed by atoms with E-state index in [1.165, 1.54) is 6.07 Å². The fourth-order valence-corrected chi connectivity index (χ4v) is 2.81. The summed E-state index contributed by atoms with van der Waals surface area (Å²) in [6, 6.07) is 21.2. The Labute approximate surface area is 151 Å². The molecule has 25 heavy (non-hydrogen) atoms. The molecule has 1 N–H and O–H groups in total. The predicted molar refractivity (Wildman–Crippen MR) is 100 cm³/mol. The van der Waals surface area contributed by atoms with E-state index < -0.39 is 5.92 Å². The normalized spacial score (nSPS) is 11.8. The summed E-state index contributed by atoms with van der Waals surface area (Å²) in [6.07, 6.45) is 0.